The smallest absolute Gasteiger partial charge is 0.259 e. The van der Waals surface area contributed by atoms with Gasteiger partial charge in [-0.15, -0.1) is 0 Å². The highest BCUT2D eigenvalue weighted by Gasteiger charge is 2.42. The summed E-state index contributed by atoms with van der Waals surface area (Å²) in [6.45, 7) is 1.46. The Morgan fingerprint density at radius 3 is 2.76 bits per heavy atom. The number of nitrogens with two attached hydrogens (primary N) is 1. The maximum Gasteiger partial charge on any atom is 0.259 e. The zero-order chi connectivity index (χ0) is 24.0. The highest BCUT2D eigenvalue weighted by Crippen LogP contribution is 2.37. The number of amides is 1. The van der Waals surface area contributed by atoms with Crippen LogP contribution in [-0.2, 0) is 10.0 Å². The Morgan fingerprint density at radius 2 is 2.06 bits per heavy atom. The number of sulfonamides is 1. The molecule has 0 bridgehead atoms. The van der Waals surface area contributed by atoms with Gasteiger partial charge in [-0.25, -0.2) is 32.3 Å². The number of carbonyl (C=O) groups is 1. The third kappa shape index (κ3) is 4.75. The van der Waals surface area contributed by atoms with Gasteiger partial charge in [0.1, 0.15) is 5.82 Å². The van der Waals surface area contributed by atoms with Gasteiger partial charge in [0.25, 0.3) is 21.9 Å². The lowest BCUT2D eigenvalue weighted by Gasteiger charge is -2.38. The van der Waals surface area contributed by atoms with Gasteiger partial charge in [0, 0.05) is 48.8 Å². The minimum absolute atomic E-state index is 0.00105. The fourth-order valence-corrected chi connectivity index (χ4v) is 4.40. The third-order valence-corrected chi connectivity index (χ3v) is 6.65. The van der Waals surface area contributed by atoms with Gasteiger partial charge in [-0.05, 0) is 18.2 Å². The molecule has 0 radical (unpaired) electrons. The van der Waals surface area contributed by atoms with Gasteiger partial charge in [0.15, 0.2) is 5.03 Å². The summed E-state index contributed by atoms with van der Waals surface area (Å²) in [6, 6.07) is 9.20. The predicted octanol–water partition coefficient (Wildman–Crippen LogP) is 3.66. The molecule has 1 amide bonds. The zero-order valence-electron chi connectivity index (χ0n) is 17.4. The number of anilines is 2. The van der Waals surface area contributed by atoms with Crippen molar-refractivity contribution in [2.45, 2.75) is 24.3 Å². The summed E-state index contributed by atoms with van der Waals surface area (Å²) >= 11 is 6.29. The molecule has 2 aromatic heterocycles. The van der Waals surface area contributed by atoms with E-state index in [1.165, 1.54) is 19.2 Å². The van der Waals surface area contributed by atoms with E-state index < -0.39 is 32.8 Å². The van der Waals surface area contributed by atoms with E-state index in [2.05, 4.69) is 15.3 Å². The van der Waals surface area contributed by atoms with Crippen LogP contribution in [0.15, 0.2) is 47.6 Å². The Kier molecular flexibility index (Phi) is 5.97. The van der Waals surface area contributed by atoms with Crippen molar-refractivity contribution in [2.75, 3.05) is 23.3 Å². The van der Waals surface area contributed by atoms with Crippen molar-refractivity contribution in [2.24, 2.45) is 11.1 Å². The molecule has 8 nitrogen and oxygen atoms in total. The van der Waals surface area contributed by atoms with Crippen LogP contribution in [0.1, 0.15) is 23.7 Å². The molecule has 0 aliphatic carbocycles. The van der Waals surface area contributed by atoms with E-state index in [0.29, 0.717) is 15.9 Å². The molecule has 1 aromatic carbocycles. The number of hydrogen-bond acceptors (Lipinski definition) is 6. The standard InChI is InChI=1S/C21H20ClF2N5O3S/c1-12-11-29(8-6-21(12,23)24)19-15(9-13-3-2-4-16(22)18(13)28-19)20(30)27-14-5-7-26-17(10-14)33(25,31)32/h2-5,7,9-10,12H,6,8,11H2,1H3,(H2,25,31,32)(H,26,27,30). The second kappa shape index (κ2) is 8.47. The molecule has 1 aliphatic rings. The quantitative estimate of drug-likeness (QED) is 0.570. The van der Waals surface area contributed by atoms with E-state index in [1.54, 1.807) is 29.2 Å². The Hall–Kier alpha value is -2.89. The van der Waals surface area contributed by atoms with Gasteiger partial charge in [-0.1, -0.05) is 30.7 Å². The molecule has 4 rings (SSSR count). The van der Waals surface area contributed by atoms with E-state index in [4.69, 9.17) is 16.7 Å². The van der Waals surface area contributed by atoms with Crippen molar-refractivity contribution in [3.8, 4) is 0 Å². The molecular formula is C21H20ClF2N5O3S. The van der Waals surface area contributed by atoms with Crippen LogP contribution in [0.3, 0.4) is 0 Å². The molecule has 3 aromatic rings. The fourth-order valence-electron chi connectivity index (χ4n) is 3.68. The molecule has 0 spiro atoms. The van der Waals surface area contributed by atoms with E-state index in [1.807, 2.05) is 0 Å². The summed E-state index contributed by atoms with van der Waals surface area (Å²) in [6.07, 6.45) is 0.822. The SMILES string of the molecule is CC1CN(c2nc3c(Cl)cccc3cc2C(=O)Nc2ccnc(S(N)(=O)=O)c2)CCC1(F)F. The van der Waals surface area contributed by atoms with Crippen molar-refractivity contribution >= 4 is 49.9 Å². The molecule has 3 N–H and O–H groups in total. The lowest BCUT2D eigenvalue weighted by Crippen LogP contribution is -2.46. The number of pyridine rings is 2. The van der Waals surface area contributed by atoms with Crippen molar-refractivity contribution in [3.05, 3.63) is 53.2 Å². The summed E-state index contributed by atoms with van der Waals surface area (Å²) < 4.78 is 51.3. The number of nitrogens with one attached hydrogen (secondary N) is 1. The van der Waals surface area contributed by atoms with E-state index >= 15 is 0 Å². The molecule has 1 fully saturated rings. The molecule has 1 aliphatic heterocycles. The van der Waals surface area contributed by atoms with Crippen LogP contribution in [-0.4, -0.2) is 43.3 Å². The zero-order valence-corrected chi connectivity index (χ0v) is 19.0. The Bertz CT molecular complexity index is 1350. The Balaban J connectivity index is 1.76. The van der Waals surface area contributed by atoms with Crippen molar-refractivity contribution in [1.29, 1.82) is 0 Å². The lowest BCUT2D eigenvalue weighted by molar-refractivity contribution is -0.0652. The average Bonchev–Trinajstić information content (AvgIpc) is 2.75. The topological polar surface area (TPSA) is 118 Å². The molecule has 1 unspecified atom stereocenters. The molecular weight excluding hydrogens is 476 g/mol. The average molecular weight is 496 g/mol. The van der Waals surface area contributed by atoms with Gasteiger partial charge in [0.2, 0.25) is 0 Å². The minimum Gasteiger partial charge on any atom is -0.355 e. The van der Waals surface area contributed by atoms with Crippen LogP contribution in [0.5, 0.6) is 0 Å². The van der Waals surface area contributed by atoms with Crippen LogP contribution >= 0.6 is 11.6 Å². The van der Waals surface area contributed by atoms with Gasteiger partial charge < -0.3 is 10.2 Å². The van der Waals surface area contributed by atoms with Crippen LogP contribution in [0, 0.1) is 5.92 Å². The monoisotopic (exact) mass is 495 g/mol. The number of nitrogens with zero attached hydrogens (tertiary/aromatic N) is 3. The molecule has 33 heavy (non-hydrogen) atoms. The van der Waals surface area contributed by atoms with E-state index in [-0.39, 0.29) is 36.6 Å². The first-order valence-electron chi connectivity index (χ1n) is 9.98. The molecule has 1 atom stereocenters. The van der Waals surface area contributed by atoms with E-state index in [9.17, 15) is 22.0 Å². The number of benzene rings is 1. The van der Waals surface area contributed by atoms with Gasteiger partial charge >= 0.3 is 0 Å². The van der Waals surface area contributed by atoms with Crippen molar-refractivity contribution in [3.63, 3.8) is 0 Å². The highest BCUT2D eigenvalue weighted by molar-refractivity contribution is 7.89. The Morgan fingerprint density at radius 1 is 1.30 bits per heavy atom. The number of primary sulfonamides is 1. The molecule has 12 heteroatoms. The number of aromatic nitrogens is 2. The molecule has 1 saturated heterocycles. The molecule has 174 valence electrons. The molecule has 3 heterocycles. The minimum atomic E-state index is -4.07. The second-order valence-electron chi connectivity index (χ2n) is 7.91. The number of para-hydroxylation sites is 1. The van der Waals surface area contributed by atoms with Gasteiger partial charge in [-0.2, -0.15) is 0 Å². The van der Waals surface area contributed by atoms with E-state index in [0.717, 1.165) is 6.07 Å². The molecule has 0 saturated carbocycles. The number of alkyl halides is 2. The van der Waals surface area contributed by atoms with Gasteiger partial charge in [0.05, 0.1) is 16.1 Å². The lowest BCUT2D eigenvalue weighted by atomic mass is 9.95. The van der Waals surface area contributed by atoms with Crippen molar-refractivity contribution < 1.29 is 22.0 Å². The second-order valence-corrected chi connectivity index (χ2v) is 9.83. The summed E-state index contributed by atoms with van der Waals surface area (Å²) in [4.78, 5) is 23.1. The maximum absolute atomic E-state index is 14.1. The highest BCUT2D eigenvalue weighted by atomic mass is 35.5. The number of hydrogen-bond donors (Lipinski definition) is 2. The summed E-state index contributed by atoms with van der Waals surface area (Å²) in [7, 11) is -4.07. The van der Waals surface area contributed by atoms with Crippen molar-refractivity contribution in [1.82, 2.24) is 9.97 Å². The third-order valence-electron chi connectivity index (χ3n) is 5.54. The van der Waals surface area contributed by atoms with Crippen LogP contribution in [0.4, 0.5) is 20.3 Å². The fraction of sp³-hybridized carbons (Fsp3) is 0.286. The maximum atomic E-state index is 14.1. The first-order chi connectivity index (χ1) is 15.5. The van der Waals surface area contributed by atoms with Gasteiger partial charge in [-0.3, -0.25) is 4.79 Å². The number of halogens is 3. The first kappa shape index (κ1) is 23.3. The van der Waals surface area contributed by atoms with Crippen LogP contribution < -0.4 is 15.4 Å². The first-order valence-corrected chi connectivity index (χ1v) is 11.9. The summed E-state index contributed by atoms with van der Waals surface area (Å²) in [5, 5.41) is 8.26. The number of fused-ring (bicyclic) bond motifs is 1. The summed E-state index contributed by atoms with van der Waals surface area (Å²) in [5.41, 5.74) is 0.724. The number of piperidine rings is 1. The predicted molar refractivity (Wildman–Crippen MR) is 121 cm³/mol. The summed E-state index contributed by atoms with van der Waals surface area (Å²) in [5.74, 6) is -4.13. The Labute approximate surface area is 193 Å². The van der Waals surface area contributed by atoms with Crippen LogP contribution in [0.25, 0.3) is 10.9 Å². The number of carbonyl (C=O) groups excluding carboxylic acids is 1. The normalized spacial score (nSPS) is 18.3. The largest absolute Gasteiger partial charge is 0.355 e. The van der Waals surface area contributed by atoms with Crippen LogP contribution in [0.2, 0.25) is 5.02 Å². The number of rotatable bonds is 4.